The molecule has 4 heterocycles. The molecule has 1 aliphatic rings. The van der Waals surface area contributed by atoms with E-state index in [1.165, 1.54) is 0 Å². The third kappa shape index (κ3) is 3.25. The lowest BCUT2D eigenvalue weighted by Gasteiger charge is -2.35. The molecule has 1 fully saturated rings. The van der Waals surface area contributed by atoms with Crippen molar-refractivity contribution in [2.24, 2.45) is 7.05 Å². The van der Waals surface area contributed by atoms with E-state index < -0.39 is 0 Å². The number of nitrogens with zero attached hydrogens (tertiary/aromatic N) is 4. The molecule has 9 heteroatoms. The van der Waals surface area contributed by atoms with Gasteiger partial charge in [0.15, 0.2) is 11.5 Å². The van der Waals surface area contributed by atoms with Crippen LogP contribution in [0, 0.1) is 6.92 Å². The van der Waals surface area contributed by atoms with E-state index in [0.717, 1.165) is 18.1 Å². The van der Waals surface area contributed by atoms with Crippen LogP contribution in [0.5, 0.6) is 0 Å². The zero-order valence-corrected chi connectivity index (χ0v) is 15.4. The van der Waals surface area contributed by atoms with Crippen molar-refractivity contribution < 1.29 is 9.21 Å². The van der Waals surface area contributed by atoms with Gasteiger partial charge in [0, 0.05) is 45.1 Å². The maximum absolute atomic E-state index is 13.0. The summed E-state index contributed by atoms with van der Waals surface area (Å²) in [5.41, 5.74) is 1.07. The summed E-state index contributed by atoms with van der Waals surface area (Å²) >= 11 is 0. The van der Waals surface area contributed by atoms with Crippen molar-refractivity contribution in [2.45, 2.75) is 13.0 Å². The van der Waals surface area contributed by atoms with Crippen molar-refractivity contribution in [3.05, 3.63) is 47.9 Å². The second-order valence-corrected chi connectivity index (χ2v) is 6.19. The topological polar surface area (TPSA) is 92.0 Å². The summed E-state index contributed by atoms with van der Waals surface area (Å²) in [5.74, 6) is 2.23. The van der Waals surface area contributed by atoms with E-state index in [-0.39, 0.29) is 24.4 Å². The van der Waals surface area contributed by atoms with E-state index in [1.54, 1.807) is 12.3 Å². The molecule has 138 valence electrons. The zero-order valence-electron chi connectivity index (χ0n) is 14.6. The van der Waals surface area contributed by atoms with E-state index in [4.69, 9.17) is 4.42 Å². The molecule has 1 aliphatic heterocycles. The molecule has 8 nitrogen and oxygen atoms in total. The van der Waals surface area contributed by atoms with Crippen LogP contribution in [0.3, 0.4) is 0 Å². The Balaban J connectivity index is 0.00000196. The lowest BCUT2D eigenvalue weighted by molar-refractivity contribution is 0.0614. The van der Waals surface area contributed by atoms with Gasteiger partial charge in [-0.1, -0.05) is 0 Å². The largest absolute Gasteiger partial charge is 0.460 e. The molecule has 2 N–H and O–H groups in total. The SMILES string of the molecule is Cc1ccc(-c2cc(C(=O)N3CCNCC3c3nccn3C)n[nH]2)o1.Cl. The third-order valence-corrected chi connectivity index (χ3v) is 4.46. The second-order valence-electron chi connectivity index (χ2n) is 6.19. The standard InChI is InChI=1S/C17H20N6O2.ClH/c1-11-3-4-15(25-11)12-9-13(21-20-12)17(24)23-8-5-18-10-14(23)16-19-6-7-22(16)2;/h3-4,6-7,9,14,18H,5,8,10H2,1-2H3,(H,20,21);1H. The Morgan fingerprint density at radius 2 is 2.23 bits per heavy atom. The normalized spacial score (nSPS) is 17.2. The monoisotopic (exact) mass is 376 g/mol. The van der Waals surface area contributed by atoms with Crippen molar-refractivity contribution in [2.75, 3.05) is 19.6 Å². The molecule has 1 atom stereocenters. The summed E-state index contributed by atoms with van der Waals surface area (Å²) < 4.78 is 7.53. The number of imidazole rings is 1. The number of aromatic nitrogens is 4. The molecular formula is C17H21ClN6O2. The molecule has 1 unspecified atom stereocenters. The van der Waals surface area contributed by atoms with Crippen LogP contribution in [0.25, 0.3) is 11.5 Å². The van der Waals surface area contributed by atoms with E-state index in [2.05, 4.69) is 20.5 Å². The smallest absolute Gasteiger partial charge is 0.275 e. The number of carbonyl (C=O) groups is 1. The highest BCUT2D eigenvalue weighted by Crippen LogP contribution is 2.25. The summed E-state index contributed by atoms with van der Waals surface area (Å²) in [7, 11) is 1.94. The lowest BCUT2D eigenvalue weighted by Crippen LogP contribution is -2.49. The van der Waals surface area contributed by atoms with Crippen molar-refractivity contribution >= 4 is 18.3 Å². The minimum atomic E-state index is -0.118. The number of piperazine rings is 1. The average Bonchev–Trinajstić information content (AvgIpc) is 3.34. The molecule has 4 rings (SSSR count). The number of aryl methyl sites for hydroxylation is 2. The fourth-order valence-electron chi connectivity index (χ4n) is 3.16. The molecule has 3 aromatic rings. The average molecular weight is 377 g/mol. The molecule has 0 aliphatic carbocycles. The number of furan rings is 1. The van der Waals surface area contributed by atoms with E-state index in [1.807, 2.05) is 41.8 Å². The van der Waals surface area contributed by atoms with E-state index >= 15 is 0 Å². The Labute approximate surface area is 157 Å². The van der Waals surface area contributed by atoms with Crippen LogP contribution < -0.4 is 5.32 Å². The first-order valence-electron chi connectivity index (χ1n) is 8.24. The van der Waals surface area contributed by atoms with Crippen LogP contribution in [0.4, 0.5) is 0 Å². The first kappa shape index (κ1) is 18.2. The number of hydrogen-bond acceptors (Lipinski definition) is 5. The number of carbonyl (C=O) groups excluding carboxylic acids is 1. The second kappa shape index (κ2) is 7.35. The third-order valence-electron chi connectivity index (χ3n) is 4.46. The Hall–Kier alpha value is -2.58. The first-order chi connectivity index (χ1) is 12.1. The highest BCUT2D eigenvalue weighted by Gasteiger charge is 2.32. The van der Waals surface area contributed by atoms with Gasteiger partial charge < -0.3 is 19.2 Å². The molecule has 1 saturated heterocycles. The van der Waals surface area contributed by atoms with Gasteiger partial charge in [0.05, 0.1) is 0 Å². The van der Waals surface area contributed by atoms with Crippen molar-refractivity contribution in [3.63, 3.8) is 0 Å². The minimum Gasteiger partial charge on any atom is -0.460 e. The molecule has 26 heavy (non-hydrogen) atoms. The fourth-order valence-corrected chi connectivity index (χ4v) is 3.16. The number of nitrogens with one attached hydrogen (secondary N) is 2. The highest BCUT2D eigenvalue weighted by molar-refractivity contribution is 5.93. The summed E-state index contributed by atoms with van der Waals surface area (Å²) in [4.78, 5) is 19.2. The maximum Gasteiger partial charge on any atom is 0.275 e. The maximum atomic E-state index is 13.0. The molecule has 0 saturated carbocycles. The van der Waals surface area contributed by atoms with Gasteiger partial charge in [-0.3, -0.25) is 9.89 Å². The van der Waals surface area contributed by atoms with Gasteiger partial charge >= 0.3 is 0 Å². The van der Waals surface area contributed by atoms with Crippen LogP contribution in [-0.2, 0) is 7.05 Å². The number of hydrogen-bond donors (Lipinski definition) is 2. The lowest BCUT2D eigenvalue weighted by atomic mass is 10.1. The molecule has 0 bridgehead atoms. The molecule has 3 aromatic heterocycles. The number of halogens is 1. The van der Waals surface area contributed by atoms with Gasteiger partial charge in [-0.2, -0.15) is 5.10 Å². The van der Waals surface area contributed by atoms with Gasteiger partial charge in [-0.15, -0.1) is 12.4 Å². The van der Waals surface area contributed by atoms with Gasteiger partial charge in [-0.25, -0.2) is 4.98 Å². The number of rotatable bonds is 3. The van der Waals surface area contributed by atoms with Gasteiger partial charge in [0.25, 0.3) is 5.91 Å². The van der Waals surface area contributed by atoms with Crippen LogP contribution in [-0.4, -0.2) is 50.2 Å². The first-order valence-corrected chi connectivity index (χ1v) is 8.24. The van der Waals surface area contributed by atoms with Crippen LogP contribution in [0.1, 0.15) is 28.1 Å². The molecule has 0 radical (unpaired) electrons. The highest BCUT2D eigenvalue weighted by atomic mass is 35.5. The predicted octanol–water partition coefficient (Wildman–Crippen LogP) is 1.92. The summed E-state index contributed by atoms with van der Waals surface area (Å²) in [5, 5.41) is 10.4. The van der Waals surface area contributed by atoms with Gasteiger partial charge in [0.1, 0.15) is 23.3 Å². The van der Waals surface area contributed by atoms with Crippen LogP contribution in [0.15, 0.2) is 35.0 Å². The molecular weight excluding hydrogens is 356 g/mol. The van der Waals surface area contributed by atoms with Crippen molar-refractivity contribution in [1.29, 1.82) is 0 Å². The number of amides is 1. The summed E-state index contributed by atoms with van der Waals surface area (Å²) in [6, 6.07) is 5.36. The number of aromatic amines is 1. The van der Waals surface area contributed by atoms with Crippen LogP contribution >= 0.6 is 12.4 Å². The van der Waals surface area contributed by atoms with Crippen LogP contribution in [0.2, 0.25) is 0 Å². The van der Waals surface area contributed by atoms with Crippen molar-refractivity contribution in [3.8, 4) is 11.5 Å². The fraction of sp³-hybridized carbons (Fsp3) is 0.353. The van der Waals surface area contributed by atoms with Gasteiger partial charge in [-0.05, 0) is 19.1 Å². The Morgan fingerprint density at radius 3 is 2.92 bits per heavy atom. The Kier molecular flexibility index (Phi) is 5.15. The van der Waals surface area contributed by atoms with Gasteiger partial charge in [0.2, 0.25) is 0 Å². The molecule has 1 amide bonds. The van der Waals surface area contributed by atoms with Crippen molar-refractivity contribution in [1.82, 2.24) is 30.0 Å². The van der Waals surface area contributed by atoms with E-state index in [9.17, 15) is 4.79 Å². The minimum absolute atomic E-state index is 0. The quantitative estimate of drug-likeness (QED) is 0.728. The Morgan fingerprint density at radius 1 is 1.38 bits per heavy atom. The number of H-pyrrole nitrogens is 1. The summed E-state index contributed by atoms with van der Waals surface area (Å²) in [6.07, 6.45) is 3.64. The molecule has 0 aromatic carbocycles. The predicted molar refractivity (Wildman–Crippen MR) is 98.1 cm³/mol. The zero-order chi connectivity index (χ0) is 17.4. The Bertz CT molecular complexity index is 899. The molecule has 0 spiro atoms. The van der Waals surface area contributed by atoms with E-state index in [0.29, 0.717) is 30.2 Å². The summed E-state index contributed by atoms with van der Waals surface area (Å²) in [6.45, 7) is 3.91.